The van der Waals surface area contributed by atoms with E-state index in [1.165, 1.54) is 12.8 Å². The van der Waals surface area contributed by atoms with Gasteiger partial charge in [-0.1, -0.05) is 13.3 Å². The first kappa shape index (κ1) is 12.9. The monoisotopic (exact) mass is 189 g/mol. The molecule has 0 bridgehead atoms. The second-order valence-electron chi connectivity index (χ2n) is 3.06. The van der Waals surface area contributed by atoms with E-state index in [0.29, 0.717) is 13.2 Å². The summed E-state index contributed by atoms with van der Waals surface area (Å²) in [6, 6.07) is 0. The van der Waals surface area contributed by atoms with Gasteiger partial charge in [0.15, 0.2) is 0 Å². The number of methoxy groups -OCH3 is 1. The Bertz CT molecular complexity index is 79.0. The van der Waals surface area contributed by atoms with E-state index in [9.17, 15) is 0 Å². The first-order valence-electron chi connectivity index (χ1n) is 5.19. The highest BCUT2D eigenvalue weighted by Gasteiger charge is 1.89. The molecule has 0 saturated heterocycles. The van der Waals surface area contributed by atoms with Crippen molar-refractivity contribution in [2.45, 2.75) is 26.2 Å². The molecular formula is C10H23NO2. The summed E-state index contributed by atoms with van der Waals surface area (Å²) in [5.74, 6) is 0. The number of unbranched alkanes of at least 4 members (excludes halogenated alkanes) is 1. The highest BCUT2D eigenvalue weighted by Crippen LogP contribution is 1.84. The number of rotatable bonds is 10. The van der Waals surface area contributed by atoms with Crippen molar-refractivity contribution in [3.63, 3.8) is 0 Å². The fourth-order valence-corrected chi connectivity index (χ4v) is 0.970. The Morgan fingerprint density at radius 1 is 1.00 bits per heavy atom. The average Bonchev–Trinajstić information content (AvgIpc) is 2.16. The molecule has 0 aromatic carbocycles. The third-order valence-corrected chi connectivity index (χ3v) is 1.78. The summed E-state index contributed by atoms with van der Waals surface area (Å²) in [6.07, 6.45) is 3.62. The molecule has 0 atom stereocenters. The van der Waals surface area contributed by atoms with E-state index in [2.05, 4.69) is 12.2 Å². The Balaban J connectivity index is 2.76. The maximum atomic E-state index is 5.32. The zero-order valence-corrected chi connectivity index (χ0v) is 8.97. The second kappa shape index (κ2) is 11.9. The van der Waals surface area contributed by atoms with Crippen molar-refractivity contribution >= 4 is 0 Å². The van der Waals surface area contributed by atoms with Gasteiger partial charge in [0.1, 0.15) is 0 Å². The van der Waals surface area contributed by atoms with E-state index in [1.54, 1.807) is 7.11 Å². The SMILES string of the molecule is CCCCNCCCOCCOC. The van der Waals surface area contributed by atoms with Crippen LogP contribution in [-0.4, -0.2) is 40.0 Å². The largest absolute Gasteiger partial charge is 0.382 e. The Kier molecular flexibility index (Phi) is 11.8. The molecule has 0 aliphatic rings. The van der Waals surface area contributed by atoms with Gasteiger partial charge >= 0.3 is 0 Å². The van der Waals surface area contributed by atoms with Crippen LogP contribution in [0.5, 0.6) is 0 Å². The van der Waals surface area contributed by atoms with Gasteiger partial charge in [0.25, 0.3) is 0 Å². The summed E-state index contributed by atoms with van der Waals surface area (Å²) in [4.78, 5) is 0. The number of ether oxygens (including phenoxy) is 2. The third-order valence-electron chi connectivity index (χ3n) is 1.78. The van der Waals surface area contributed by atoms with Crippen LogP contribution in [0.15, 0.2) is 0 Å². The summed E-state index contributed by atoms with van der Waals surface area (Å²) in [5, 5.41) is 3.37. The van der Waals surface area contributed by atoms with E-state index in [1.807, 2.05) is 0 Å². The minimum Gasteiger partial charge on any atom is -0.382 e. The highest BCUT2D eigenvalue weighted by atomic mass is 16.5. The first-order chi connectivity index (χ1) is 6.41. The quantitative estimate of drug-likeness (QED) is 0.527. The molecule has 0 aromatic heterocycles. The molecule has 0 spiro atoms. The molecular weight excluding hydrogens is 166 g/mol. The molecule has 0 saturated carbocycles. The molecule has 1 N–H and O–H groups in total. The van der Waals surface area contributed by atoms with Gasteiger partial charge < -0.3 is 14.8 Å². The smallest absolute Gasteiger partial charge is 0.0700 e. The van der Waals surface area contributed by atoms with Crippen LogP contribution in [-0.2, 0) is 9.47 Å². The molecule has 0 aromatic rings. The predicted octanol–water partition coefficient (Wildman–Crippen LogP) is 1.43. The molecule has 0 amide bonds. The van der Waals surface area contributed by atoms with Crippen LogP contribution in [0.3, 0.4) is 0 Å². The Hall–Kier alpha value is -0.120. The van der Waals surface area contributed by atoms with Crippen LogP contribution in [0.1, 0.15) is 26.2 Å². The van der Waals surface area contributed by atoms with Crippen molar-refractivity contribution in [2.75, 3.05) is 40.0 Å². The minimum absolute atomic E-state index is 0.698. The maximum absolute atomic E-state index is 5.32. The van der Waals surface area contributed by atoms with E-state index in [-0.39, 0.29) is 0 Å². The standard InChI is InChI=1S/C10H23NO2/c1-3-4-6-11-7-5-8-13-10-9-12-2/h11H,3-10H2,1-2H3. The number of hydrogen-bond acceptors (Lipinski definition) is 3. The molecule has 0 aliphatic carbocycles. The van der Waals surface area contributed by atoms with E-state index in [4.69, 9.17) is 9.47 Å². The van der Waals surface area contributed by atoms with Gasteiger partial charge in [-0.15, -0.1) is 0 Å². The van der Waals surface area contributed by atoms with Crippen molar-refractivity contribution in [1.82, 2.24) is 5.32 Å². The summed E-state index contributed by atoms with van der Waals surface area (Å²) < 4.78 is 10.2. The van der Waals surface area contributed by atoms with Gasteiger partial charge in [-0.3, -0.25) is 0 Å². The Morgan fingerprint density at radius 2 is 1.77 bits per heavy atom. The number of nitrogens with one attached hydrogen (secondary N) is 1. The van der Waals surface area contributed by atoms with Gasteiger partial charge in [0.2, 0.25) is 0 Å². The third kappa shape index (κ3) is 11.9. The summed E-state index contributed by atoms with van der Waals surface area (Å²) in [5.41, 5.74) is 0. The van der Waals surface area contributed by atoms with Crippen LogP contribution in [0, 0.1) is 0 Å². The molecule has 3 nitrogen and oxygen atoms in total. The lowest BCUT2D eigenvalue weighted by Gasteiger charge is -2.04. The molecule has 3 heteroatoms. The van der Waals surface area contributed by atoms with E-state index >= 15 is 0 Å². The fraction of sp³-hybridized carbons (Fsp3) is 1.00. The summed E-state index contributed by atoms with van der Waals surface area (Å²) in [6.45, 7) is 6.65. The second-order valence-corrected chi connectivity index (χ2v) is 3.06. The van der Waals surface area contributed by atoms with Crippen molar-refractivity contribution < 1.29 is 9.47 Å². The van der Waals surface area contributed by atoms with Crippen LogP contribution < -0.4 is 5.32 Å². The lowest BCUT2D eigenvalue weighted by Crippen LogP contribution is -2.18. The number of hydrogen-bond donors (Lipinski definition) is 1. The minimum atomic E-state index is 0.698. The van der Waals surface area contributed by atoms with Crippen molar-refractivity contribution in [2.24, 2.45) is 0 Å². The van der Waals surface area contributed by atoms with Crippen LogP contribution in [0.25, 0.3) is 0 Å². The predicted molar refractivity (Wildman–Crippen MR) is 55.1 cm³/mol. The Morgan fingerprint density at radius 3 is 2.46 bits per heavy atom. The molecule has 13 heavy (non-hydrogen) atoms. The normalized spacial score (nSPS) is 10.6. The molecule has 0 heterocycles. The van der Waals surface area contributed by atoms with Crippen LogP contribution >= 0.6 is 0 Å². The maximum Gasteiger partial charge on any atom is 0.0700 e. The van der Waals surface area contributed by atoms with Crippen LogP contribution in [0.4, 0.5) is 0 Å². The van der Waals surface area contributed by atoms with Crippen molar-refractivity contribution in [3.8, 4) is 0 Å². The molecule has 0 radical (unpaired) electrons. The topological polar surface area (TPSA) is 30.5 Å². The molecule has 0 aliphatic heterocycles. The summed E-state index contributed by atoms with van der Waals surface area (Å²) >= 11 is 0. The van der Waals surface area contributed by atoms with Crippen LogP contribution in [0.2, 0.25) is 0 Å². The molecule has 0 rings (SSSR count). The average molecular weight is 189 g/mol. The van der Waals surface area contributed by atoms with Crippen molar-refractivity contribution in [1.29, 1.82) is 0 Å². The van der Waals surface area contributed by atoms with Gasteiger partial charge in [-0.2, -0.15) is 0 Å². The van der Waals surface area contributed by atoms with Gasteiger partial charge in [-0.05, 0) is 25.9 Å². The zero-order valence-electron chi connectivity index (χ0n) is 8.97. The highest BCUT2D eigenvalue weighted by molar-refractivity contribution is 4.46. The molecule has 80 valence electrons. The van der Waals surface area contributed by atoms with E-state index < -0.39 is 0 Å². The van der Waals surface area contributed by atoms with Gasteiger partial charge in [0, 0.05) is 13.7 Å². The zero-order chi connectivity index (χ0) is 9.78. The lowest BCUT2D eigenvalue weighted by molar-refractivity contribution is 0.0695. The lowest BCUT2D eigenvalue weighted by atomic mass is 10.3. The summed E-state index contributed by atoms with van der Waals surface area (Å²) in [7, 11) is 1.69. The molecule has 0 unspecified atom stereocenters. The van der Waals surface area contributed by atoms with Crippen molar-refractivity contribution in [3.05, 3.63) is 0 Å². The van der Waals surface area contributed by atoms with E-state index in [0.717, 1.165) is 26.1 Å². The fourth-order valence-electron chi connectivity index (χ4n) is 0.970. The first-order valence-corrected chi connectivity index (χ1v) is 5.19. The van der Waals surface area contributed by atoms with Gasteiger partial charge in [-0.25, -0.2) is 0 Å². The van der Waals surface area contributed by atoms with Gasteiger partial charge in [0.05, 0.1) is 13.2 Å². The Labute approximate surface area is 81.8 Å². The molecule has 0 fully saturated rings.